The zero-order valence-electron chi connectivity index (χ0n) is 11.0. The van der Waals surface area contributed by atoms with E-state index in [0.717, 1.165) is 6.42 Å². The Morgan fingerprint density at radius 2 is 1.94 bits per heavy atom. The first-order valence-corrected chi connectivity index (χ1v) is 6.15. The van der Waals surface area contributed by atoms with Gasteiger partial charge in [0.1, 0.15) is 12.1 Å². The minimum absolute atomic E-state index is 0.149. The van der Waals surface area contributed by atoms with Crippen LogP contribution in [0.1, 0.15) is 33.6 Å². The number of likely N-dealkylation sites (tertiary alicyclic amines) is 1. The average molecular weight is 256 g/mol. The van der Waals surface area contributed by atoms with E-state index in [2.05, 4.69) is 5.32 Å². The van der Waals surface area contributed by atoms with Crippen molar-refractivity contribution in [2.24, 2.45) is 5.92 Å². The molecule has 2 amide bonds. The van der Waals surface area contributed by atoms with E-state index in [1.54, 1.807) is 13.8 Å². The van der Waals surface area contributed by atoms with E-state index in [0.29, 0.717) is 13.0 Å². The normalized spacial score (nSPS) is 20.9. The van der Waals surface area contributed by atoms with Crippen LogP contribution < -0.4 is 5.32 Å². The van der Waals surface area contributed by atoms with Crippen molar-refractivity contribution in [2.45, 2.75) is 45.7 Å². The van der Waals surface area contributed by atoms with Crippen LogP contribution in [0.4, 0.5) is 0 Å². The van der Waals surface area contributed by atoms with Crippen LogP contribution in [0.2, 0.25) is 0 Å². The molecule has 0 spiro atoms. The van der Waals surface area contributed by atoms with Gasteiger partial charge in [-0.25, -0.2) is 4.79 Å². The molecule has 6 heteroatoms. The number of nitrogens with zero attached hydrogens (tertiary/aromatic N) is 1. The smallest absolute Gasteiger partial charge is 0.326 e. The highest BCUT2D eigenvalue weighted by Crippen LogP contribution is 2.18. The molecule has 1 unspecified atom stereocenters. The fraction of sp³-hybridized carbons (Fsp3) is 0.750. The molecule has 1 saturated heterocycles. The number of hydrogen-bond acceptors (Lipinski definition) is 3. The number of carbonyl (C=O) groups excluding carboxylic acids is 2. The van der Waals surface area contributed by atoms with Gasteiger partial charge in [-0.05, 0) is 18.8 Å². The Labute approximate surface area is 106 Å². The summed E-state index contributed by atoms with van der Waals surface area (Å²) in [4.78, 5) is 35.9. The molecule has 0 saturated carbocycles. The molecule has 1 aliphatic rings. The molecule has 0 aromatic heterocycles. The third-order valence-corrected chi connectivity index (χ3v) is 3.19. The van der Waals surface area contributed by atoms with E-state index in [9.17, 15) is 14.4 Å². The van der Waals surface area contributed by atoms with E-state index < -0.39 is 18.1 Å². The van der Waals surface area contributed by atoms with E-state index in [-0.39, 0.29) is 17.7 Å². The largest absolute Gasteiger partial charge is 0.480 e. The Bertz CT molecular complexity index is 354. The Hall–Kier alpha value is -1.59. The Morgan fingerprint density at radius 1 is 1.33 bits per heavy atom. The highest BCUT2D eigenvalue weighted by molar-refractivity contribution is 5.90. The molecule has 1 aliphatic heterocycles. The van der Waals surface area contributed by atoms with Crippen LogP contribution in [0.15, 0.2) is 0 Å². The molecule has 0 bridgehead atoms. The van der Waals surface area contributed by atoms with Gasteiger partial charge < -0.3 is 15.3 Å². The van der Waals surface area contributed by atoms with Gasteiger partial charge in [0.05, 0.1) is 0 Å². The third kappa shape index (κ3) is 3.21. The molecule has 6 nitrogen and oxygen atoms in total. The van der Waals surface area contributed by atoms with Crippen molar-refractivity contribution in [1.29, 1.82) is 0 Å². The van der Waals surface area contributed by atoms with Crippen molar-refractivity contribution in [3.63, 3.8) is 0 Å². The molecule has 0 aromatic carbocycles. The summed E-state index contributed by atoms with van der Waals surface area (Å²) in [6, 6.07) is -1.44. The quantitative estimate of drug-likeness (QED) is 0.753. The molecule has 18 heavy (non-hydrogen) atoms. The molecule has 102 valence electrons. The standard InChI is InChI=1S/C12H20N2O4/c1-7(2)10(12(17)18)13-11(16)9-5-4-6-14(9)8(3)15/h7,9-10H,4-6H2,1-3H3,(H,13,16)(H,17,18)/t9?,10-/m0/s1. The van der Waals surface area contributed by atoms with Gasteiger partial charge in [-0.15, -0.1) is 0 Å². The van der Waals surface area contributed by atoms with Crippen molar-refractivity contribution >= 4 is 17.8 Å². The minimum atomic E-state index is -1.05. The lowest BCUT2D eigenvalue weighted by molar-refractivity contribution is -0.144. The predicted molar refractivity (Wildman–Crippen MR) is 64.8 cm³/mol. The zero-order chi connectivity index (χ0) is 13.9. The average Bonchev–Trinajstić information content (AvgIpc) is 2.73. The van der Waals surface area contributed by atoms with Crippen LogP contribution in [0, 0.1) is 5.92 Å². The van der Waals surface area contributed by atoms with Gasteiger partial charge in [0.15, 0.2) is 0 Å². The fourth-order valence-corrected chi connectivity index (χ4v) is 2.18. The first-order chi connectivity index (χ1) is 8.34. The number of carboxylic acid groups (broad SMARTS) is 1. The molecule has 2 N–H and O–H groups in total. The summed E-state index contributed by atoms with van der Waals surface area (Å²) in [5.74, 6) is -1.77. The second-order valence-corrected chi connectivity index (χ2v) is 4.94. The number of carbonyl (C=O) groups is 3. The third-order valence-electron chi connectivity index (χ3n) is 3.19. The number of nitrogens with one attached hydrogen (secondary N) is 1. The summed E-state index contributed by atoms with van der Waals surface area (Å²) < 4.78 is 0. The summed E-state index contributed by atoms with van der Waals surface area (Å²) in [5.41, 5.74) is 0. The van der Waals surface area contributed by atoms with Gasteiger partial charge in [0.2, 0.25) is 11.8 Å². The van der Waals surface area contributed by atoms with Gasteiger partial charge in [0, 0.05) is 13.5 Å². The van der Waals surface area contributed by atoms with Crippen LogP contribution in [0.25, 0.3) is 0 Å². The minimum Gasteiger partial charge on any atom is -0.480 e. The summed E-state index contributed by atoms with van der Waals surface area (Å²) in [6.07, 6.45) is 1.37. The summed E-state index contributed by atoms with van der Waals surface area (Å²) in [5, 5.41) is 11.5. The molecule has 1 rings (SSSR count). The summed E-state index contributed by atoms with van der Waals surface area (Å²) in [7, 11) is 0. The van der Waals surface area contributed by atoms with Gasteiger partial charge in [-0.1, -0.05) is 13.8 Å². The van der Waals surface area contributed by atoms with Crippen LogP contribution >= 0.6 is 0 Å². The molecular formula is C12H20N2O4. The molecule has 0 aliphatic carbocycles. The van der Waals surface area contributed by atoms with Crippen LogP contribution in [0.3, 0.4) is 0 Å². The molecule has 0 radical (unpaired) electrons. The summed E-state index contributed by atoms with van der Waals surface area (Å²) in [6.45, 7) is 5.45. The highest BCUT2D eigenvalue weighted by Gasteiger charge is 2.34. The second-order valence-electron chi connectivity index (χ2n) is 4.94. The van der Waals surface area contributed by atoms with Gasteiger partial charge in [0.25, 0.3) is 0 Å². The first-order valence-electron chi connectivity index (χ1n) is 6.15. The van der Waals surface area contributed by atoms with Crippen LogP contribution in [-0.4, -0.2) is 46.4 Å². The number of hydrogen-bond donors (Lipinski definition) is 2. The Kier molecular flexibility index (Phi) is 4.69. The van der Waals surface area contributed by atoms with Crippen molar-refractivity contribution in [3.8, 4) is 0 Å². The molecule has 0 aromatic rings. The monoisotopic (exact) mass is 256 g/mol. The first kappa shape index (κ1) is 14.5. The maximum atomic E-state index is 12.0. The topological polar surface area (TPSA) is 86.7 Å². The fourth-order valence-electron chi connectivity index (χ4n) is 2.18. The lowest BCUT2D eigenvalue weighted by atomic mass is 10.0. The van der Waals surface area contributed by atoms with E-state index >= 15 is 0 Å². The van der Waals surface area contributed by atoms with Crippen LogP contribution in [-0.2, 0) is 14.4 Å². The lowest BCUT2D eigenvalue weighted by Gasteiger charge is -2.25. The van der Waals surface area contributed by atoms with Crippen molar-refractivity contribution in [2.75, 3.05) is 6.54 Å². The lowest BCUT2D eigenvalue weighted by Crippen LogP contribution is -2.52. The SMILES string of the molecule is CC(=O)N1CCCC1C(=O)N[C@H](C(=O)O)C(C)C. The number of carboxylic acids is 1. The van der Waals surface area contributed by atoms with Gasteiger partial charge >= 0.3 is 5.97 Å². The number of amides is 2. The molecule has 2 atom stereocenters. The molecular weight excluding hydrogens is 236 g/mol. The predicted octanol–water partition coefficient (Wildman–Crippen LogP) is 0.223. The van der Waals surface area contributed by atoms with E-state index in [1.807, 2.05) is 0 Å². The van der Waals surface area contributed by atoms with Crippen molar-refractivity contribution < 1.29 is 19.5 Å². The number of rotatable bonds is 4. The Balaban J connectivity index is 2.69. The van der Waals surface area contributed by atoms with Crippen molar-refractivity contribution in [3.05, 3.63) is 0 Å². The molecule has 1 fully saturated rings. The Morgan fingerprint density at radius 3 is 2.39 bits per heavy atom. The zero-order valence-corrected chi connectivity index (χ0v) is 11.0. The van der Waals surface area contributed by atoms with E-state index in [1.165, 1.54) is 11.8 Å². The maximum absolute atomic E-state index is 12.0. The van der Waals surface area contributed by atoms with Gasteiger partial charge in [-0.3, -0.25) is 9.59 Å². The summed E-state index contributed by atoms with van der Waals surface area (Å²) >= 11 is 0. The maximum Gasteiger partial charge on any atom is 0.326 e. The van der Waals surface area contributed by atoms with Gasteiger partial charge in [-0.2, -0.15) is 0 Å². The van der Waals surface area contributed by atoms with E-state index in [4.69, 9.17) is 5.11 Å². The second kappa shape index (κ2) is 5.84. The van der Waals surface area contributed by atoms with Crippen molar-refractivity contribution in [1.82, 2.24) is 10.2 Å². The number of aliphatic carboxylic acids is 1. The molecule has 1 heterocycles. The van der Waals surface area contributed by atoms with Crippen LogP contribution in [0.5, 0.6) is 0 Å². The highest BCUT2D eigenvalue weighted by atomic mass is 16.4.